The van der Waals surface area contributed by atoms with Gasteiger partial charge in [-0.1, -0.05) is 29.8 Å². The van der Waals surface area contributed by atoms with E-state index in [4.69, 9.17) is 21.7 Å². The van der Waals surface area contributed by atoms with E-state index < -0.39 is 46.2 Å². The summed E-state index contributed by atoms with van der Waals surface area (Å²) in [7, 11) is -3.91. The van der Waals surface area contributed by atoms with Crippen LogP contribution in [0.3, 0.4) is 0 Å². The first kappa shape index (κ1) is 30.0. The van der Waals surface area contributed by atoms with Gasteiger partial charge in [0.15, 0.2) is 10.8 Å². The Kier molecular flexibility index (Phi) is 8.04. The summed E-state index contributed by atoms with van der Waals surface area (Å²) >= 11 is 7.79. The molecule has 4 aromatic rings. The monoisotopic (exact) mass is 662 g/mol. The van der Waals surface area contributed by atoms with Crippen LogP contribution in [0.5, 0.6) is 0 Å². The molecule has 0 bridgehead atoms. The average Bonchev–Trinajstić information content (AvgIpc) is 3.73. The summed E-state index contributed by atoms with van der Waals surface area (Å²) < 4.78 is 70.8. The number of halogens is 4. The zero-order chi connectivity index (χ0) is 31.2. The standard InChI is InChI=1S/C28H22ClF3N6O4S2/c29-20-11-17(30)5-6-19(20)24-23(21-7-9-38(35-21)28(31)32)22-12-18(13-37(22)25(34-24)26-33-8-10-43-26)36-44(41,42)14-15-1-3-16(4-2-15)27(39)40/h1-11,18,24,28,36H,12-14H2,(H,39,40)/t18-,24-/m0/s1. The minimum Gasteiger partial charge on any atom is -0.478 e. The molecule has 44 heavy (non-hydrogen) atoms. The lowest BCUT2D eigenvalue weighted by atomic mass is 9.92. The van der Waals surface area contributed by atoms with Gasteiger partial charge in [0.1, 0.15) is 11.9 Å². The van der Waals surface area contributed by atoms with Gasteiger partial charge >= 0.3 is 12.5 Å². The summed E-state index contributed by atoms with van der Waals surface area (Å²) in [4.78, 5) is 22.3. The smallest absolute Gasteiger partial charge is 0.335 e. The van der Waals surface area contributed by atoms with Gasteiger partial charge in [0, 0.05) is 58.6 Å². The number of amidine groups is 1. The van der Waals surface area contributed by atoms with Gasteiger partial charge in [0.05, 0.1) is 17.0 Å². The zero-order valence-corrected chi connectivity index (χ0v) is 24.8. The summed E-state index contributed by atoms with van der Waals surface area (Å²) in [6.07, 6.45) is 2.87. The largest absolute Gasteiger partial charge is 0.478 e. The van der Waals surface area contributed by atoms with Gasteiger partial charge in [0.25, 0.3) is 0 Å². The van der Waals surface area contributed by atoms with Crippen LogP contribution < -0.4 is 4.72 Å². The normalized spacial score (nSPS) is 18.6. The van der Waals surface area contributed by atoms with Gasteiger partial charge in [-0.25, -0.2) is 32.0 Å². The second-order valence-electron chi connectivity index (χ2n) is 10.1. The second kappa shape index (κ2) is 11.8. The Hall–Kier alpha value is -4.05. The summed E-state index contributed by atoms with van der Waals surface area (Å²) in [6.45, 7) is -2.75. The van der Waals surface area contributed by atoms with E-state index in [9.17, 15) is 26.4 Å². The van der Waals surface area contributed by atoms with Gasteiger partial charge in [0.2, 0.25) is 10.0 Å². The lowest BCUT2D eigenvalue weighted by Gasteiger charge is -2.32. The third kappa shape index (κ3) is 6.00. The van der Waals surface area contributed by atoms with Crippen LogP contribution in [0.15, 0.2) is 77.0 Å². The van der Waals surface area contributed by atoms with Crippen LogP contribution >= 0.6 is 22.9 Å². The van der Waals surface area contributed by atoms with Gasteiger partial charge < -0.3 is 10.0 Å². The predicted octanol–water partition coefficient (Wildman–Crippen LogP) is 5.33. The maximum Gasteiger partial charge on any atom is 0.335 e. The number of carboxylic acid groups (broad SMARTS) is 1. The van der Waals surface area contributed by atoms with E-state index in [0.717, 1.165) is 12.3 Å². The summed E-state index contributed by atoms with van der Waals surface area (Å²) in [6, 6.07) is 9.22. The third-order valence-corrected chi connectivity index (χ3v) is 9.63. The summed E-state index contributed by atoms with van der Waals surface area (Å²) in [5, 5.41) is 15.6. The second-order valence-corrected chi connectivity index (χ2v) is 13.1. The molecule has 2 aliphatic rings. The maximum atomic E-state index is 14.0. The van der Waals surface area contributed by atoms with Crippen molar-refractivity contribution in [2.24, 2.45) is 4.99 Å². The van der Waals surface area contributed by atoms with Crippen molar-refractivity contribution in [2.45, 2.75) is 30.8 Å². The van der Waals surface area contributed by atoms with Gasteiger partial charge in [-0.3, -0.25) is 4.99 Å². The van der Waals surface area contributed by atoms with Crippen molar-refractivity contribution in [1.82, 2.24) is 24.4 Å². The number of benzene rings is 2. The molecule has 0 aliphatic carbocycles. The fraction of sp³-hybridized carbons (Fsp3) is 0.214. The van der Waals surface area contributed by atoms with Crippen LogP contribution in [0.1, 0.15) is 51.2 Å². The molecule has 0 radical (unpaired) electrons. The molecule has 0 spiro atoms. The highest BCUT2D eigenvalue weighted by Crippen LogP contribution is 2.46. The summed E-state index contributed by atoms with van der Waals surface area (Å²) in [5.74, 6) is -1.66. The Morgan fingerprint density at radius 1 is 1.18 bits per heavy atom. The van der Waals surface area contributed by atoms with E-state index in [0.29, 0.717) is 37.9 Å². The van der Waals surface area contributed by atoms with Crippen LogP contribution in [0.25, 0.3) is 5.57 Å². The van der Waals surface area contributed by atoms with E-state index in [-0.39, 0.29) is 29.2 Å². The van der Waals surface area contributed by atoms with Gasteiger partial charge in [-0.15, -0.1) is 11.3 Å². The minimum absolute atomic E-state index is 0.0327. The van der Waals surface area contributed by atoms with Crippen molar-refractivity contribution in [3.8, 4) is 0 Å². The Morgan fingerprint density at radius 3 is 2.59 bits per heavy atom. The van der Waals surface area contributed by atoms with Crippen LogP contribution in [-0.4, -0.2) is 57.6 Å². The zero-order valence-electron chi connectivity index (χ0n) is 22.4. The van der Waals surface area contributed by atoms with Crippen molar-refractivity contribution < 1.29 is 31.5 Å². The lowest BCUT2D eigenvalue weighted by Crippen LogP contribution is -2.39. The molecule has 2 N–H and O–H groups in total. The molecule has 16 heteroatoms. The molecular weight excluding hydrogens is 641 g/mol. The Labute approximate surface area is 258 Å². The number of alkyl halides is 2. The van der Waals surface area contributed by atoms with Crippen molar-refractivity contribution in [2.75, 3.05) is 6.54 Å². The molecular formula is C28H22ClF3N6O4S2. The van der Waals surface area contributed by atoms with E-state index in [1.165, 1.54) is 53.8 Å². The molecule has 6 rings (SSSR count). The van der Waals surface area contributed by atoms with Crippen molar-refractivity contribution in [1.29, 1.82) is 0 Å². The minimum atomic E-state index is -3.91. The number of carbonyl (C=O) groups is 1. The van der Waals surface area contributed by atoms with Crippen molar-refractivity contribution in [3.05, 3.63) is 110 Å². The van der Waals surface area contributed by atoms with E-state index in [1.807, 2.05) is 0 Å². The van der Waals surface area contributed by atoms with Crippen molar-refractivity contribution >= 4 is 50.3 Å². The Morgan fingerprint density at radius 2 is 1.95 bits per heavy atom. The van der Waals surface area contributed by atoms with E-state index in [2.05, 4.69) is 14.8 Å². The number of nitrogens with zero attached hydrogens (tertiary/aromatic N) is 5. The molecule has 2 aromatic heterocycles. The highest BCUT2D eigenvalue weighted by molar-refractivity contribution is 7.88. The number of carboxylic acids is 1. The number of thiazole rings is 1. The molecule has 0 saturated carbocycles. The fourth-order valence-corrected chi connectivity index (χ4v) is 7.58. The number of nitrogens with one attached hydrogen (secondary N) is 1. The van der Waals surface area contributed by atoms with Gasteiger partial charge in [-0.05, 0) is 35.9 Å². The maximum absolute atomic E-state index is 14.0. The average molecular weight is 663 g/mol. The van der Waals surface area contributed by atoms with E-state index in [1.54, 1.807) is 16.5 Å². The SMILES string of the molecule is O=C(O)c1ccc(CS(=O)(=O)N[C@H]2CC3=C(c4ccn(C(F)F)n4)[C@H](c4ccc(F)cc4Cl)N=C(c4nccs4)N3C2)cc1. The number of aromatic carboxylic acids is 1. The van der Waals surface area contributed by atoms with E-state index >= 15 is 0 Å². The number of hydrogen-bond acceptors (Lipinski definition) is 8. The number of hydrogen-bond donors (Lipinski definition) is 2. The summed E-state index contributed by atoms with van der Waals surface area (Å²) in [5.41, 5.74) is 2.01. The molecule has 10 nitrogen and oxygen atoms in total. The number of fused-ring (bicyclic) bond motifs is 1. The molecule has 4 heterocycles. The number of aromatic nitrogens is 3. The van der Waals surface area contributed by atoms with Gasteiger partial charge in [-0.2, -0.15) is 13.9 Å². The molecule has 2 atom stereocenters. The number of rotatable bonds is 9. The topological polar surface area (TPSA) is 130 Å². The van der Waals surface area contributed by atoms with Crippen LogP contribution in [-0.2, 0) is 15.8 Å². The highest BCUT2D eigenvalue weighted by atomic mass is 35.5. The molecule has 0 unspecified atom stereocenters. The first-order chi connectivity index (χ1) is 21.0. The molecule has 2 aromatic carbocycles. The highest BCUT2D eigenvalue weighted by Gasteiger charge is 2.42. The Bertz CT molecular complexity index is 1900. The number of sulfonamides is 1. The number of aliphatic imine (C=N–C) groups is 1. The van der Waals surface area contributed by atoms with Crippen LogP contribution in [0, 0.1) is 5.82 Å². The third-order valence-electron chi connectivity index (χ3n) is 7.13. The Balaban J connectivity index is 1.40. The first-order valence-corrected chi connectivity index (χ1v) is 16.0. The molecule has 1 saturated heterocycles. The first-order valence-electron chi connectivity index (χ1n) is 13.1. The molecule has 228 valence electrons. The van der Waals surface area contributed by atoms with Crippen molar-refractivity contribution in [3.63, 3.8) is 0 Å². The molecule has 2 aliphatic heterocycles. The molecule has 0 amide bonds. The lowest BCUT2D eigenvalue weighted by molar-refractivity contribution is 0.0564. The molecule has 1 fully saturated rings. The quantitative estimate of drug-likeness (QED) is 0.248. The predicted molar refractivity (Wildman–Crippen MR) is 157 cm³/mol. The van der Waals surface area contributed by atoms with Crippen LogP contribution in [0.4, 0.5) is 13.2 Å². The van der Waals surface area contributed by atoms with Crippen LogP contribution in [0.2, 0.25) is 5.02 Å². The fourth-order valence-electron chi connectivity index (χ4n) is 5.29.